The van der Waals surface area contributed by atoms with Crippen molar-refractivity contribution in [3.63, 3.8) is 0 Å². The van der Waals surface area contributed by atoms with Gasteiger partial charge >= 0.3 is 5.97 Å². The first-order valence-corrected chi connectivity index (χ1v) is 5.94. The molecule has 0 aliphatic rings. The summed E-state index contributed by atoms with van der Waals surface area (Å²) in [4.78, 5) is 12.1. The van der Waals surface area contributed by atoms with Crippen LogP contribution in [-0.2, 0) is 13.1 Å². The zero-order valence-corrected chi connectivity index (χ0v) is 9.85. The SMILES string of the molecule is O=C(O)c1ccc(CNCCn2ccnn2)s1. The van der Waals surface area contributed by atoms with Gasteiger partial charge in [0.2, 0.25) is 0 Å². The summed E-state index contributed by atoms with van der Waals surface area (Å²) in [5.41, 5.74) is 0. The lowest BCUT2D eigenvalue weighted by Crippen LogP contribution is -2.19. The summed E-state index contributed by atoms with van der Waals surface area (Å²) in [5.74, 6) is -0.871. The Morgan fingerprint density at radius 3 is 3.06 bits per heavy atom. The van der Waals surface area contributed by atoms with Crippen molar-refractivity contribution in [2.24, 2.45) is 0 Å². The van der Waals surface area contributed by atoms with Crippen LogP contribution in [0.2, 0.25) is 0 Å². The summed E-state index contributed by atoms with van der Waals surface area (Å²) in [5, 5.41) is 19.5. The molecule has 7 heteroatoms. The highest BCUT2D eigenvalue weighted by Crippen LogP contribution is 2.15. The third kappa shape index (κ3) is 3.36. The molecule has 90 valence electrons. The number of carboxylic acid groups (broad SMARTS) is 1. The van der Waals surface area contributed by atoms with Crippen molar-refractivity contribution in [3.05, 3.63) is 34.3 Å². The van der Waals surface area contributed by atoms with E-state index in [0.29, 0.717) is 11.4 Å². The van der Waals surface area contributed by atoms with E-state index in [4.69, 9.17) is 5.11 Å². The molecule has 0 radical (unpaired) electrons. The Bertz CT molecular complexity index is 480. The maximum absolute atomic E-state index is 10.7. The molecule has 2 rings (SSSR count). The Morgan fingerprint density at radius 2 is 2.41 bits per heavy atom. The van der Waals surface area contributed by atoms with Crippen molar-refractivity contribution < 1.29 is 9.90 Å². The third-order valence-electron chi connectivity index (χ3n) is 2.16. The Kier molecular flexibility index (Phi) is 3.84. The highest BCUT2D eigenvalue weighted by molar-refractivity contribution is 7.13. The van der Waals surface area contributed by atoms with Gasteiger partial charge in [-0.1, -0.05) is 5.21 Å². The Hall–Kier alpha value is -1.73. The van der Waals surface area contributed by atoms with Crippen LogP contribution in [0.1, 0.15) is 14.5 Å². The minimum Gasteiger partial charge on any atom is -0.477 e. The molecule has 0 saturated heterocycles. The molecule has 0 aliphatic heterocycles. The van der Waals surface area contributed by atoms with Gasteiger partial charge in [0.25, 0.3) is 0 Å². The summed E-state index contributed by atoms with van der Waals surface area (Å²) in [6, 6.07) is 3.46. The molecule has 0 unspecified atom stereocenters. The molecule has 0 spiro atoms. The van der Waals surface area contributed by atoms with Gasteiger partial charge in [-0.3, -0.25) is 4.68 Å². The lowest BCUT2D eigenvalue weighted by molar-refractivity contribution is 0.0702. The van der Waals surface area contributed by atoms with Gasteiger partial charge in [-0.05, 0) is 12.1 Å². The molecule has 17 heavy (non-hydrogen) atoms. The van der Waals surface area contributed by atoms with Crippen molar-refractivity contribution in [3.8, 4) is 0 Å². The van der Waals surface area contributed by atoms with Gasteiger partial charge in [-0.25, -0.2) is 4.79 Å². The first-order chi connectivity index (χ1) is 8.25. The zero-order valence-electron chi connectivity index (χ0n) is 9.04. The van der Waals surface area contributed by atoms with Crippen LogP contribution in [0, 0.1) is 0 Å². The number of aromatic carboxylic acids is 1. The van der Waals surface area contributed by atoms with Crippen LogP contribution in [0.3, 0.4) is 0 Å². The highest BCUT2D eigenvalue weighted by atomic mass is 32.1. The first kappa shape index (κ1) is 11.7. The smallest absolute Gasteiger partial charge is 0.345 e. The average Bonchev–Trinajstić information content (AvgIpc) is 2.96. The van der Waals surface area contributed by atoms with Gasteiger partial charge in [0.15, 0.2) is 0 Å². The van der Waals surface area contributed by atoms with Gasteiger partial charge in [-0.15, -0.1) is 16.4 Å². The van der Waals surface area contributed by atoms with Crippen molar-refractivity contribution in [1.29, 1.82) is 0 Å². The number of thiophene rings is 1. The number of hydrogen-bond donors (Lipinski definition) is 2. The van der Waals surface area contributed by atoms with Crippen LogP contribution in [-0.4, -0.2) is 32.6 Å². The van der Waals surface area contributed by atoms with Crippen LogP contribution in [0.4, 0.5) is 0 Å². The average molecular weight is 252 g/mol. The van der Waals surface area contributed by atoms with Gasteiger partial charge in [0.1, 0.15) is 4.88 Å². The largest absolute Gasteiger partial charge is 0.477 e. The number of nitrogens with one attached hydrogen (secondary N) is 1. The van der Waals surface area contributed by atoms with Crippen LogP contribution in [0.15, 0.2) is 24.5 Å². The second kappa shape index (κ2) is 5.55. The number of hydrogen-bond acceptors (Lipinski definition) is 5. The Labute approximate surface area is 102 Å². The summed E-state index contributed by atoms with van der Waals surface area (Å²) in [6.07, 6.45) is 3.44. The first-order valence-electron chi connectivity index (χ1n) is 5.12. The van der Waals surface area contributed by atoms with E-state index in [1.54, 1.807) is 23.1 Å². The third-order valence-corrected chi connectivity index (χ3v) is 3.23. The van der Waals surface area contributed by atoms with Crippen molar-refractivity contribution >= 4 is 17.3 Å². The van der Waals surface area contributed by atoms with Crippen LogP contribution in [0.25, 0.3) is 0 Å². The predicted molar refractivity (Wildman–Crippen MR) is 63.0 cm³/mol. The van der Waals surface area contributed by atoms with E-state index in [1.807, 2.05) is 6.07 Å². The number of aromatic nitrogens is 3. The molecular weight excluding hydrogens is 240 g/mol. The van der Waals surface area contributed by atoms with Crippen LogP contribution < -0.4 is 5.32 Å². The van der Waals surface area contributed by atoms with Gasteiger partial charge in [-0.2, -0.15) is 0 Å². The minimum absolute atomic E-state index is 0.373. The molecule has 0 fully saturated rings. The molecule has 0 bridgehead atoms. The molecule has 2 aromatic rings. The zero-order chi connectivity index (χ0) is 12.1. The maximum atomic E-state index is 10.7. The number of carbonyl (C=O) groups is 1. The summed E-state index contributed by atoms with van der Waals surface area (Å²) in [7, 11) is 0. The maximum Gasteiger partial charge on any atom is 0.345 e. The molecule has 0 atom stereocenters. The highest BCUT2D eigenvalue weighted by Gasteiger charge is 2.06. The van der Waals surface area contributed by atoms with Crippen molar-refractivity contribution in [2.45, 2.75) is 13.1 Å². The fourth-order valence-electron chi connectivity index (χ4n) is 1.35. The van der Waals surface area contributed by atoms with E-state index in [9.17, 15) is 4.79 Å². The van der Waals surface area contributed by atoms with E-state index in [1.165, 1.54) is 11.3 Å². The standard InChI is InChI=1S/C10H12N4O2S/c15-10(16)9-2-1-8(17-9)7-11-3-5-14-6-4-12-13-14/h1-2,4,6,11H,3,5,7H2,(H,15,16). The van der Waals surface area contributed by atoms with Crippen LogP contribution in [0.5, 0.6) is 0 Å². The monoisotopic (exact) mass is 252 g/mol. The van der Waals surface area contributed by atoms with Crippen LogP contribution >= 0.6 is 11.3 Å². The van der Waals surface area contributed by atoms with Crippen molar-refractivity contribution in [2.75, 3.05) is 6.54 Å². The normalized spacial score (nSPS) is 10.6. The molecule has 0 aromatic carbocycles. The molecule has 6 nitrogen and oxygen atoms in total. The molecule has 0 amide bonds. The second-order valence-electron chi connectivity index (χ2n) is 3.41. The van der Waals surface area contributed by atoms with Gasteiger partial charge < -0.3 is 10.4 Å². The lowest BCUT2D eigenvalue weighted by Gasteiger charge is -2.02. The summed E-state index contributed by atoms with van der Waals surface area (Å²) < 4.78 is 1.74. The van der Waals surface area contributed by atoms with Crippen molar-refractivity contribution in [1.82, 2.24) is 20.3 Å². The van der Waals surface area contributed by atoms with Gasteiger partial charge in [0, 0.05) is 24.2 Å². The lowest BCUT2D eigenvalue weighted by atomic mass is 10.4. The fraction of sp³-hybridized carbons (Fsp3) is 0.300. The second-order valence-corrected chi connectivity index (χ2v) is 4.58. The van der Waals surface area contributed by atoms with E-state index in [-0.39, 0.29) is 0 Å². The molecule has 0 saturated carbocycles. The number of rotatable bonds is 6. The summed E-state index contributed by atoms with van der Waals surface area (Å²) in [6.45, 7) is 2.19. The van der Waals surface area contributed by atoms with Gasteiger partial charge in [0.05, 0.1) is 12.7 Å². The fourth-order valence-corrected chi connectivity index (χ4v) is 2.16. The topological polar surface area (TPSA) is 80.0 Å². The quantitative estimate of drug-likeness (QED) is 0.744. The van der Waals surface area contributed by atoms with E-state index < -0.39 is 5.97 Å². The molecule has 2 heterocycles. The minimum atomic E-state index is -0.871. The van der Waals surface area contributed by atoms with E-state index in [2.05, 4.69) is 15.6 Å². The number of nitrogens with zero attached hydrogens (tertiary/aromatic N) is 3. The molecule has 2 aromatic heterocycles. The Morgan fingerprint density at radius 1 is 1.53 bits per heavy atom. The molecular formula is C10H12N4O2S. The Balaban J connectivity index is 1.72. The summed E-state index contributed by atoms with van der Waals surface area (Å²) >= 11 is 1.29. The molecule has 2 N–H and O–H groups in total. The van der Waals surface area contributed by atoms with E-state index >= 15 is 0 Å². The van der Waals surface area contributed by atoms with E-state index in [0.717, 1.165) is 18.0 Å². The molecule has 0 aliphatic carbocycles. The number of carboxylic acids is 1. The predicted octanol–water partition coefficient (Wildman–Crippen LogP) is 0.828.